The Bertz CT molecular complexity index is 1580. The number of thioether (sulfide) groups is 1. The standard InChI is InChI=1S/C26H28N6O6S2/c1-12-18(22(26(37)38)32-21(12)19(13(2)33)24(32)36)16-8-31-11-29-20(25(31)40-16)23(35)15-5-14(10-39-4-3-27)6-30(7-15)9-17(28)34/h5-8,11-13,19,21,33H,3-4,9-10,27H2,1-2H3,(H2-,28,34,37,38)/p+1/t12-,13+,19+,21+/m0/s1. The molecule has 2 aliphatic heterocycles. The van der Waals surface area contributed by atoms with E-state index in [4.69, 9.17) is 11.5 Å². The van der Waals surface area contributed by atoms with Gasteiger partial charge in [-0.15, -0.1) is 11.3 Å². The fourth-order valence-corrected chi connectivity index (χ4v) is 7.48. The number of ketones is 1. The van der Waals surface area contributed by atoms with Crippen molar-refractivity contribution >= 4 is 57.1 Å². The molecule has 0 bridgehead atoms. The number of carbonyl (C=O) groups excluding carboxylic acids is 3. The lowest BCUT2D eigenvalue weighted by Crippen LogP contribution is -2.63. The minimum absolute atomic E-state index is 0.0920. The van der Waals surface area contributed by atoms with E-state index in [0.29, 0.717) is 33.1 Å². The third-order valence-electron chi connectivity index (χ3n) is 7.18. The van der Waals surface area contributed by atoms with E-state index in [1.807, 2.05) is 6.92 Å². The molecule has 0 aliphatic carbocycles. The molecular formula is C26H29N6O6S2+. The third kappa shape index (κ3) is 4.70. The van der Waals surface area contributed by atoms with Crippen molar-refractivity contribution in [2.75, 3.05) is 12.3 Å². The van der Waals surface area contributed by atoms with Crippen molar-refractivity contribution in [2.24, 2.45) is 23.3 Å². The fraction of sp³-hybridized carbons (Fsp3) is 0.385. The number of aliphatic carboxylic acids is 1. The van der Waals surface area contributed by atoms with E-state index in [1.54, 1.807) is 45.4 Å². The maximum Gasteiger partial charge on any atom is 0.352 e. The van der Waals surface area contributed by atoms with Gasteiger partial charge in [0.2, 0.25) is 18.2 Å². The minimum atomic E-state index is -1.22. The average Bonchev–Trinajstić information content (AvgIpc) is 3.53. The SMILES string of the molecule is C[C@@H](O)[C@H]1C(=O)N2C(C(=O)O)=C(c3cn4cnc(C(=O)c5cc(CSCCN)c[n+](CC(N)=O)c5)c4s3)[C@H](C)[C@H]12. The topological polar surface area (TPSA) is 185 Å². The summed E-state index contributed by atoms with van der Waals surface area (Å²) < 4.78 is 3.24. The molecule has 6 N–H and O–H groups in total. The van der Waals surface area contributed by atoms with Crippen LogP contribution in [0.3, 0.4) is 0 Å². The molecule has 3 aromatic heterocycles. The molecule has 0 aromatic carbocycles. The molecule has 3 aromatic rings. The molecule has 14 heteroatoms. The third-order valence-corrected chi connectivity index (χ3v) is 9.38. The number of aromatic nitrogens is 3. The molecule has 40 heavy (non-hydrogen) atoms. The zero-order chi connectivity index (χ0) is 28.9. The van der Waals surface area contributed by atoms with Crippen molar-refractivity contribution in [3.8, 4) is 0 Å². The van der Waals surface area contributed by atoms with E-state index in [2.05, 4.69) is 4.98 Å². The number of amides is 2. The Morgan fingerprint density at radius 2 is 2.05 bits per heavy atom. The summed E-state index contributed by atoms with van der Waals surface area (Å²) in [5.74, 6) is -2.22. The summed E-state index contributed by atoms with van der Waals surface area (Å²) in [6, 6.07) is 1.30. The Morgan fingerprint density at radius 3 is 2.70 bits per heavy atom. The van der Waals surface area contributed by atoms with Crippen molar-refractivity contribution < 1.29 is 34.0 Å². The number of β-lactam (4-membered cyclic amide) rings is 1. The largest absolute Gasteiger partial charge is 0.477 e. The van der Waals surface area contributed by atoms with Gasteiger partial charge in [0, 0.05) is 41.3 Å². The lowest BCUT2D eigenvalue weighted by Gasteiger charge is -2.46. The lowest BCUT2D eigenvalue weighted by atomic mass is 9.77. The Labute approximate surface area is 237 Å². The summed E-state index contributed by atoms with van der Waals surface area (Å²) in [4.78, 5) is 56.9. The van der Waals surface area contributed by atoms with Crippen molar-refractivity contribution in [3.05, 3.63) is 58.4 Å². The number of aliphatic hydroxyl groups excluding tert-OH is 1. The van der Waals surface area contributed by atoms with Crippen molar-refractivity contribution in [3.63, 3.8) is 0 Å². The molecule has 0 saturated carbocycles. The second-order valence-corrected chi connectivity index (χ2v) is 12.1. The molecule has 2 amide bonds. The van der Waals surface area contributed by atoms with Crippen molar-refractivity contribution in [1.82, 2.24) is 14.3 Å². The molecule has 0 radical (unpaired) electrons. The second kappa shape index (κ2) is 10.8. The normalized spacial score (nSPS) is 21.1. The number of carbonyl (C=O) groups is 4. The number of aliphatic hydroxyl groups is 1. The number of carboxylic acids is 1. The van der Waals surface area contributed by atoms with E-state index in [9.17, 15) is 29.4 Å². The highest BCUT2D eigenvalue weighted by Gasteiger charge is 2.60. The van der Waals surface area contributed by atoms with E-state index < -0.39 is 35.8 Å². The van der Waals surface area contributed by atoms with Gasteiger partial charge in [-0.1, -0.05) is 6.92 Å². The Morgan fingerprint density at radius 1 is 1.30 bits per heavy atom. The number of imidazole rings is 1. The van der Waals surface area contributed by atoms with Gasteiger partial charge >= 0.3 is 5.97 Å². The summed E-state index contributed by atoms with van der Waals surface area (Å²) >= 11 is 2.82. The maximum atomic E-state index is 13.7. The smallest absolute Gasteiger partial charge is 0.352 e. The van der Waals surface area contributed by atoms with Crippen LogP contribution in [0.25, 0.3) is 10.4 Å². The Balaban J connectivity index is 1.52. The highest BCUT2D eigenvalue weighted by atomic mass is 32.2. The molecule has 4 atom stereocenters. The number of hydrogen-bond donors (Lipinski definition) is 4. The second-order valence-electron chi connectivity index (χ2n) is 9.96. The van der Waals surface area contributed by atoms with Crippen LogP contribution >= 0.6 is 23.1 Å². The summed E-state index contributed by atoms with van der Waals surface area (Å²) in [6.07, 6.45) is 5.62. The van der Waals surface area contributed by atoms with Gasteiger partial charge in [0.15, 0.2) is 12.4 Å². The Kier molecular flexibility index (Phi) is 7.52. The number of rotatable bonds is 11. The number of nitrogens with zero attached hydrogens (tertiary/aromatic N) is 4. The summed E-state index contributed by atoms with van der Waals surface area (Å²) in [5.41, 5.74) is 12.7. The van der Waals surface area contributed by atoms with Crippen LogP contribution in [-0.4, -0.2) is 72.5 Å². The van der Waals surface area contributed by atoms with Crippen LogP contribution in [0, 0.1) is 11.8 Å². The summed E-state index contributed by atoms with van der Waals surface area (Å²) in [5, 5.41) is 20.1. The van der Waals surface area contributed by atoms with Crippen LogP contribution in [-0.2, 0) is 26.7 Å². The molecule has 12 nitrogen and oxygen atoms in total. The molecule has 0 unspecified atom stereocenters. The number of pyridine rings is 1. The van der Waals surface area contributed by atoms with E-state index in [-0.39, 0.29) is 29.6 Å². The molecular weight excluding hydrogens is 556 g/mol. The van der Waals surface area contributed by atoms with Crippen LogP contribution in [0.2, 0.25) is 0 Å². The highest BCUT2D eigenvalue weighted by molar-refractivity contribution is 7.98. The minimum Gasteiger partial charge on any atom is -0.477 e. The van der Waals surface area contributed by atoms with Crippen LogP contribution in [0.1, 0.15) is 40.3 Å². The Hall–Kier alpha value is -3.59. The maximum absolute atomic E-state index is 13.7. The summed E-state index contributed by atoms with van der Waals surface area (Å²) in [6.45, 7) is 3.80. The van der Waals surface area contributed by atoms with Crippen LogP contribution in [0.4, 0.5) is 0 Å². The molecule has 2 aliphatic rings. The average molecular weight is 586 g/mol. The number of carboxylic acid groups (broad SMARTS) is 1. The van der Waals surface area contributed by atoms with Crippen LogP contribution < -0.4 is 16.0 Å². The van der Waals surface area contributed by atoms with Gasteiger partial charge < -0.3 is 26.6 Å². The first-order chi connectivity index (χ1) is 19.0. The number of primary amides is 1. The van der Waals surface area contributed by atoms with Gasteiger partial charge in [0.25, 0.3) is 5.91 Å². The lowest BCUT2D eigenvalue weighted by molar-refractivity contribution is -0.684. The number of hydrogen-bond acceptors (Lipinski definition) is 9. The monoisotopic (exact) mass is 585 g/mol. The molecule has 210 valence electrons. The van der Waals surface area contributed by atoms with Gasteiger partial charge in [-0.05, 0) is 13.0 Å². The first-order valence-electron chi connectivity index (χ1n) is 12.6. The fourth-order valence-electron chi connectivity index (χ4n) is 5.56. The quantitative estimate of drug-likeness (QED) is 0.106. The van der Waals surface area contributed by atoms with E-state index in [1.165, 1.54) is 29.5 Å². The van der Waals surface area contributed by atoms with Gasteiger partial charge in [0.1, 0.15) is 22.5 Å². The number of thiazole rings is 1. The van der Waals surface area contributed by atoms with E-state index >= 15 is 0 Å². The van der Waals surface area contributed by atoms with Crippen LogP contribution in [0.15, 0.2) is 36.7 Å². The first-order valence-corrected chi connectivity index (χ1v) is 14.6. The molecule has 1 saturated heterocycles. The first kappa shape index (κ1) is 28.0. The van der Waals surface area contributed by atoms with Gasteiger partial charge in [-0.3, -0.25) is 18.8 Å². The van der Waals surface area contributed by atoms with Gasteiger partial charge in [-0.25, -0.2) is 9.78 Å². The molecule has 1 fully saturated rings. The van der Waals surface area contributed by atoms with Crippen molar-refractivity contribution in [1.29, 1.82) is 0 Å². The number of fused-ring (bicyclic) bond motifs is 2. The molecule has 5 heterocycles. The van der Waals surface area contributed by atoms with Crippen LogP contribution in [0.5, 0.6) is 0 Å². The van der Waals surface area contributed by atoms with E-state index in [0.717, 1.165) is 11.3 Å². The molecule has 0 spiro atoms. The predicted molar refractivity (Wildman–Crippen MR) is 147 cm³/mol. The van der Waals surface area contributed by atoms with Gasteiger partial charge in [-0.2, -0.15) is 16.3 Å². The molecule has 5 rings (SSSR count). The van der Waals surface area contributed by atoms with Gasteiger partial charge in [0.05, 0.1) is 28.5 Å². The predicted octanol–water partition coefficient (Wildman–Crippen LogP) is 0.245. The highest BCUT2D eigenvalue weighted by Crippen LogP contribution is 2.51. The van der Waals surface area contributed by atoms with Crippen molar-refractivity contribution in [2.45, 2.75) is 38.3 Å². The zero-order valence-corrected chi connectivity index (χ0v) is 23.4. The zero-order valence-electron chi connectivity index (χ0n) is 21.8. The number of nitrogens with two attached hydrogens (primary N) is 2. The summed E-state index contributed by atoms with van der Waals surface area (Å²) in [7, 11) is 0.